The molecule has 2 heteroatoms. The van der Waals surface area contributed by atoms with Gasteiger partial charge in [-0.2, -0.15) is 0 Å². The SMILES string of the molecule is CC(c1cccc2ccccc12)[C@H](N)C=CC#CC(C)(C)N. The molecule has 2 rings (SSSR count). The van der Waals surface area contributed by atoms with Gasteiger partial charge in [-0.1, -0.05) is 67.3 Å². The Morgan fingerprint density at radius 3 is 2.50 bits per heavy atom. The average Bonchev–Trinajstić information content (AvgIpc) is 2.49. The van der Waals surface area contributed by atoms with E-state index in [2.05, 4.69) is 61.2 Å². The average molecular weight is 292 g/mol. The van der Waals surface area contributed by atoms with Gasteiger partial charge in [-0.25, -0.2) is 0 Å². The van der Waals surface area contributed by atoms with Crippen LogP contribution >= 0.6 is 0 Å². The molecule has 0 spiro atoms. The third-order valence-corrected chi connectivity index (χ3v) is 3.69. The summed E-state index contributed by atoms with van der Waals surface area (Å²) in [6.07, 6.45) is 3.76. The Kier molecular flexibility index (Phi) is 5.03. The summed E-state index contributed by atoms with van der Waals surface area (Å²) in [7, 11) is 0. The topological polar surface area (TPSA) is 52.0 Å². The quantitative estimate of drug-likeness (QED) is 0.850. The van der Waals surface area contributed by atoms with Crippen molar-refractivity contribution in [2.24, 2.45) is 11.5 Å². The molecule has 0 bridgehead atoms. The van der Waals surface area contributed by atoms with Gasteiger partial charge in [0, 0.05) is 12.0 Å². The number of hydrogen-bond acceptors (Lipinski definition) is 2. The molecule has 22 heavy (non-hydrogen) atoms. The fraction of sp³-hybridized carbons (Fsp3) is 0.300. The number of allylic oxidation sites excluding steroid dienone is 1. The van der Waals surface area contributed by atoms with E-state index in [4.69, 9.17) is 11.5 Å². The van der Waals surface area contributed by atoms with Gasteiger partial charge in [0.1, 0.15) is 0 Å². The molecule has 0 radical (unpaired) electrons. The van der Waals surface area contributed by atoms with E-state index in [1.54, 1.807) is 6.08 Å². The van der Waals surface area contributed by atoms with Crippen LogP contribution in [0.15, 0.2) is 54.6 Å². The number of fused-ring (bicyclic) bond motifs is 1. The van der Waals surface area contributed by atoms with E-state index >= 15 is 0 Å². The van der Waals surface area contributed by atoms with Crippen LogP contribution in [0.1, 0.15) is 32.3 Å². The van der Waals surface area contributed by atoms with Gasteiger partial charge < -0.3 is 11.5 Å². The zero-order valence-electron chi connectivity index (χ0n) is 13.5. The van der Waals surface area contributed by atoms with Crippen molar-refractivity contribution < 1.29 is 0 Å². The molecule has 0 aliphatic carbocycles. The van der Waals surface area contributed by atoms with Crippen LogP contribution < -0.4 is 11.5 Å². The molecule has 0 heterocycles. The van der Waals surface area contributed by atoms with Crippen molar-refractivity contribution in [2.75, 3.05) is 0 Å². The second-order valence-electron chi connectivity index (χ2n) is 6.28. The molecule has 0 aromatic heterocycles. The predicted molar refractivity (Wildman–Crippen MR) is 95.5 cm³/mol. The molecular formula is C20H24N2. The van der Waals surface area contributed by atoms with E-state index in [1.807, 2.05) is 19.9 Å². The minimum Gasteiger partial charge on any atom is -0.324 e. The number of nitrogens with two attached hydrogens (primary N) is 2. The summed E-state index contributed by atoms with van der Waals surface area (Å²) in [4.78, 5) is 0. The van der Waals surface area contributed by atoms with Crippen molar-refractivity contribution in [3.8, 4) is 11.8 Å². The van der Waals surface area contributed by atoms with Crippen LogP contribution in [0.4, 0.5) is 0 Å². The minimum atomic E-state index is -0.477. The fourth-order valence-electron chi connectivity index (χ4n) is 2.41. The van der Waals surface area contributed by atoms with Gasteiger partial charge in [0.2, 0.25) is 0 Å². The highest BCUT2D eigenvalue weighted by atomic mass is 14.7. The van der Waals surface area contributed by atoms with E-state index < -0.39 is 5.54 Å². The zero-order chi connectivity index (χ0) is 16.2. The van der Waals surface area contributed by atoms with E-state index in [-0.39, 0.29) is 12.0 Å². The molecule has 2 aromatic rings. The van der Waals surface area contributed by atoms with Gasteiger partial charge in [-0.3, -0.25) is 0 Å². The molecule has 1 unspecified atom stereocenters. The maximum atomic E-state index is 6.30. The Balaban J connectivity index is 2.21. The van der Waals surface area contributed by atoms with Crippen LogP contribution in [0.3, 0.4) is 0 Å². The van der Waals surface area contributed by atoms with Crippen molar-refractivity contribution in [2.45, 2.75) is 38.3 Å². The third kappa shape index (κ3) is 4.21. The van der Waals surface area contributed by atoms with E-state index in [0.29, 0.717) is 0 Å². The van der Waals surface area contributed by atoms with Crippen LogP contribution in [0.25, 0.3) is 10.8 Å². The zero-order valence-corrected chi connectivity index (χ0v) is 13.5. The normalized spacial score (nSPS) is 14.6. The third-order valence-electron chi connectivity index (χ3n) is 3.69. The Morgan fingerprint density at radius 1 is 1.09 bits per heavy atom. The van der Waals surface area contributed by atoms with Crippen molar-refractivity contribution in [3.63, 3.8) is 0 Å². The van der Waals surface area contributed by atoms with Crippen molar-refractivity contribution in [3.05, 3.63) is 60.2 Å². The lowest BCUT2D eigenvalue weighted by molar-refractivity contribution is 0.668. The van der Waals surface area contributed by atoms with Crippen LogP contribution in [-0.4, -0.2) is 11.6 Å². The van der Waals surface area contributed by atoms with Crippen LogP contribution in [-0.2, 0) is 0 Å². The van der Waals surface area contributed by atoms with Crippen LogP contribution in [0.5, 0.6) is 0 Å². The molecule has 2 atom stereocenters. The molecule has 0 saturated carbocycles. The summed E-state index contributed by atoms with van der Waals surface area (Å²) >= 11 is 0. The Hall–Kier alpha value is -2.08. The van der Waals surface area contributed by atoms with E-state index in [0.717, 1.165) is 0 Å². The lowest BCUT2D eigenvalue weighted by Gasteiger charge is -2.19. The first-order chi connectivity index (χ1) is 10.4. The molecule has 114 valence electrons. The molecule has 0 saturated heterocycles. The minimum absolute atomic E-state index is 0.0824. The number of benzene rings is 2. The summed E-state index contributed by atoms with van der Waals surface area (Å²) in [5.41, 5.74) is 12.9. The van der Waals surface area contributed by atoms with Gasteiger partial charge in [-0.15, -0.1) is 0 Å². The maximum absolute atomic E-state index is 6.30. The second kappa shape index (κ2) is 6.79. The van der Waals surface area contributed by atoms with Gasteiger partial charge in [0.25, 0.3) is 0 Å². The first-order valence-corrected chi connectivity index (χ1v) is 7.60. The lowest BCUT2D eigenvalue weighted by atomic mass is 9.89. The van der Waals surface area contributed by atoms with Crippen LogP contribution in [0, 0.1) is 11.8 Å². The molecule has 0 amide bonds. The molecule has 4 N–H and O–H groups in total. The summed E-state index contributed by atoms with van der Waals surface area (Å²) in [6, 6.07) is 14.7. The monoisotopic (exact) mass is 292 g/mol. The van der Waals surface area contributed by atoms with Crippen molar-refractivity contribution in [1.29, 1.82) is 0 Å². The van der Waals surface area contributed by atoms with E-state index in [1.165, 1.54) is 16.3 Å². The molecule has 0 aliphatic heterocycles. The Labute approximate surface area is 133 Å². The number of hydrogen-bond donors (Lipinski definition) is 2. The van der Waals surface area contributed by atoms with Crippen molar-refractivity contribution in [1.82, 2.24) is 0 Å². The highest BCUT2D eigenvalue weighted by molar-refractivity contribution is 5.86. The second-order valence-corrected chi connectivity index (χ2v) is 6.28. The van der Waals surface area contributed by atoms with Crippen LogP contribution in [0.2, 0.25) is 0 Å². The van der Waals surface area contributed by atoms with E-state index in [9.17, 15) is 0 Å². The molecule has 2 aromatic carbocycles. The highest BCUT2D eigenvalue weighted by Crippen LogP contribution is 2.27. The van der Waals surface area contributed by atoms with Gasteiger partial charge in [0.15, 0.2) is 0 Å². The molecule has 0 fully saturated rings. The van der Waals surface area contributed by atoms with Crippen molar-refractivity contribution >= 4 is 10.8 Å². The first-order valence-electron chi connectivity index (χ1n) is 7.60. The summed E-state index contributed by atoms with van der Waals surface area (Å²) < 4.78 is 0. The summed E-state index contributed by atoms with van der Waals surface area (Å²) in [6.45, 7) is 5.91. The molecular weight excluding hydrogens is 268 g/mol. The van der Waals surface area contributed by atoms with Gasteiger partial charge in [-0.05, 0) is 36.3 Å². The van der Waals surface area contributed by atoms with Gasteiger partial charge >= 0.3 is 0 Å². The Bertz CT molecular complexity index is 721. The standard InChI is InChI=1S/C20H24N2/c1-15(19(21)13-6-7-14-20(2,3)22)17-12-8-10-16-9-4-5-11-18(16)17/h4-6,8-13,15,19H,21-22H2,1-3H3/t15?,19-/m1/s1. The highest BCUT2D eigenvalue weighted by Gasteiger charge is 2.14. The molecule has 2 nitrogen and oxygen atoms in total. The van der Waals surface area contributed by atoms with Gasteiger partial charge in [0.05, 0.1) is 5.54 Å². The lowest BCUT2D eigenvalue weighted by Crippen LogP contribution is -2.29. The summed E-state index contributed by atoms with van der Waals surface area (Å²) in [5.74, 6) is 6.15. The fourth-order valence-corrected chi connectivity index (χ4v) is 2.41. The first kappa shape index (κ1) is 16.3. The smallest absolute Gasteiger partial charge is 0.0722 e. The Morgan fingerprint density at radius 2 is 1.77 bits per heavy atom. The number of rotatable bonds is 3. The summed E-state index contributed by atoms with van der Waals surface area (Å²) in [5, 5.41) is 2.50. The predicted octanol–water partition coefficient (Wildman–Crippen LogP) is 3.57. The largest absolute Gasteiger partial charge is 0.324 e. The molecule has 0 aliphatic rings. The maximum Gasteiger partial charge on any atom is 0.0722 e.